The van der Waals surface area contributed by atoms with Crippen LogP contribution >= 0.6 is 15.9 Å². The molecule has 1 aromatic carbocycles. The van der Waals surface area contributed by atoms with Gasteiger partial charge in [-0.25, -0.2) is 0 Å². The average Bonchev–Trinajstić information content (AvgIpc) is 2.45. The molecule has 2 aromatic rings. The monoisotopic (exact) mass is 348 g/mol. The lowest BCUT2D eigenvalue weighted by Crippen LogP contribution is -2.21. The summed E-state index contributed by atoms with van der Waals surface area (Å²) >= 11 is 3.40. The third-order valence-electron chi connectivity index (χ3n) is 3.09. The van der Waals surface area contributed by atoms with Crippen molar-refractivity contribution in [1.29, 1.82) is 0 Å². The number of anilines is 1. The lowest BCUT2D eigenvalue weighted by Gasteiger charge is -2.07. The molecule has 0 saturated heterocycles. The highest BCUT2D eigenvalue weighted by molar-refractivity contribution is 9.09. The van der Waals surface area contributed by atoms with Crippen LogP contribution in [0.15, 0.2) is 41.3 Å². The van der Waals surface area contributed by atoms with E-state index in [1.807, 2.05) is 24.3 Å². The van der Waals surface area contributed by atoms with Gasteiger partial charge in [-0.2, -0.15) is 0 Å². The number of alkyl halides is 1. The first kappa shape index (κ1) is 15.5. The Morgan fingerprint density at radius 1 is 1.33 bits per heavy atom. The predicted molar refractivity (Wildman–Crippen MR) is 88.3 cm³/mol. The predicted octanol–water partition coefficient (Wildman–Crippen LogP) is 3.26. The van der Waals surface area contributed by atoms with Gasteiger partial charge in [0.15, 0.2) is 5.43 Å². The maximum atomic E-state index is 12.1. The Kier molecular flexibility index (Phi) is 5.33. The van der Waals surface area contributed by atoms with E-state index in [1.54, 1.807) is 6.92 Å². The summed E-state index contributed by atoms with van der Waals surface area (Å²) in [5.41, 5.74) is 2.43. The molecular weight excluding hydrogens is 332 g/mol. The molecule has 0 aliphatic carbocycles. The molecule has 2 N–H and O–H groups in total. The summed E-state index contributed by atoms with van der Waals surface area (Å²) < 4.78 is 0. The summed E-state index contributed by atoms with van der Waals surface area (Å²) in [6.07, 6.45) is 3.43. The van der Waals surface area contributed by atoms with E-state index in [0.29, 0.717) is 5.69 Å². The molecule has 1 amide bonds. The van der Waals surface area contributed by atoms with Crippen LogP contribution in [0.3, 0.4) is 0 Å². The van der Waals surface area contributed by atoms with Crippen LogP contribution in [0.4, 0.5) is 5.69 Å². The van der Waals surface area contributed by atoms with Crippen molar-refractivity contribution in [3.8, 4) is 0 Å². The van der Waals surface area contributed by atoms with Gasteiger partial charge in [-0.15, -0.1) is 0 Å². The molecule has 0 atom stereocenters. The summed E-state index contributed by atoms with van der Waals surface area (Å²) in [5.74, 6) is -0.395. The fraction of sp³-hybridized carbons (Fsp3) is 0.250. The van der Waals surface area contributed by atoms with Gasteiger partial charge in [-0.1, -0.05) is 28.1 Å². The first-order chi connectivity index (χ1) is 10.1. The molecule has 1 heterocycles. The number of hydrogen-bond acceptors (Lipinski definition) is 2. The highest BCUT2D eigenvalue weighted by atomic mass is 79.9. The van der Waals surface area contributed by atoms with Crippen molar-refractivity contribution in [3.63, 3.8) is 0 Å². The number of halogens is 1. The number of H-pyrrole nitrogens is 1. The van der Waals surface area contributed by atoms with E-state index in [-0.39, 0.29) is 11.0 Å². The minimum Gasteiger partial charge on any atom is -0.364 e. The number of benzene rings is 1. The van der Waals surface area contributed by atoms with Crippen LogP contribution < -0.4 is 10.7 Å². The van der Waals surface area contributed by atoms with Crippen LogP contribution in [0.2, 0.25) is 0 Å². The second-order valence-electron chi connectivity index (χ2n) is 4.84. The maximum absolute atomic E-state index is 12.1. The minimum atomic E-state index is -0.395. The van der Waals surface area contributed by atoms with Crippen molar-refractivity contribution in [3.05, 3.63) is 63.6 Å². The fourth-order valence-corrected chi connectivity index (χ4v) is 2.30. The number of hydrogen-bond donors (Lipinski definition) is 2. The van der Waals surface area contributed by atoms with Gasteiger partial charge in [0.05, 0.1) is 0 Å². The molecule has 0 aliphatic heterocycles. The first-order valence-electron chi connectivity index (χ1n) is 6.76. The van der Waals surface area contributed by atoms with Gasteiger partial charge in [0, 0.05) is 29.0 Å². The number of aryl methyl sites for hydroxylation is 2. The summed E-state index contributed by atoms with van der Waals surface area (Å²) in [6.45, 7) is 1.77. The molecule has 0 aliphatic rings. The van der Waals surface area contributed by atoms with Crippen molar-refractivity contribution >= 4 is 27.5 Å². The van der Waals surface area contributed by atoms with Gasteiger partial charge in [-0.05, 0) is 37.5 Å². The molecule has 0 radical (unpaired) electrons. The maximum Gasteiger partial charge on any atom is 0.261 e. The highest BCUT2D eigenvalue weighted by Gasteiger charge is 2.10. The number of nitrogens with one attached hydrogen (secondary N) is 2. The Morgan fingerprint density at radius 2 is 2.14 bits per heavy atom. The molecular formula is C16H17BrN2O2. The molecule has 1 aromatic heterocycles. The number of rotatable bonds is 5. The van der Waals surface area contributed by atoms with Gasteiger partial charge in [0.1, 0.15) is 5.56 Å². The van der Waals surface area contributed by atoms with Crippen molar-refractivity contribution in [1.82, 2.24) is 4.98 Å². The van der Waals surface area contributed by atoms with Crippen molar-refractivity contribution in [2.75, 3.05) is 10.6 Å². The molecule has 0 fully saturated rings. The molecule has 2 rings (SSSR count). The molecule has 21 heavy (non-hydrogen) atoms. The van der Waals surface area contributed by atoms with E-state index in [9.17, 15) is 9.59 Å². The third-order valence-corrected chi connectivity index (χ3v) is 3.65. The second-order valence-corrected chi connectivity index (χ2v) is 5.63. The molecule has 0 saturated carbocycles. The van der Waals surface area contributed by atoms with Crippen LogP contribution in [0, 0.1) is 6.92 Å². The lowest BCUT2D eigenvalue weighted by molar-refractivity contribution is 0.102. The van der Waals surface area contributed by atoms with Crippen LogP contribution in [-0.4, -0.2) is 16.2 Å². The SMILES string of the molecule is Cc1cc(=O)c(C(=O)Nc2cccc(CCCBr)c2)c[nH]1. The molecule has 4 nitrogen and oxygen atoms in total. The van der Waals surface area contributed by atoms with Crippen molar-refractivity contribution in [2.24, 2.45) is 0 Å². The van der Waals surface area contributed by atoms with E-state index >= 15 is 0 Å². The number of aromatic amines is 1. The Morgan fingerprint density at radius 3 is 2.86 bits per heavy atom. The molecule has 0 unspecified atom stereocenters. The normalized spacial score (nSPS) is 10.4. The Balaban J connectivity index is 2.14. The summed E-state index contributed by atoms with van der Waals surface area (Å²) in [4.78, 5) is 26.8. The largest absolute Gasteiger partial charge is 0.364 e. The summed E-state index contributed by atoms with van der Waals surface area (Å²) in [5, 5.41) is 3.71. The van der Waals surface area contributed by atoms with Crippen LogP contribution in [0.1, 0.15) is 28.0 Å². The van der Waals surface area contributed by atoms with E-state index in [0.717, 1.165) is 29.4 Å². The smallest absolute Gasteiger partial charge is 0.261 e. The second kappa shape index (κ2) is 7.22. The van der Waals surface area contributed by atoms with E-state index < -0.39 is 5.91 Å². The van der Waals surface area contributed by atoms with Gasteiger partial charge < -0.3 is 10.3 Å². The van der Waals surface area contributed by atoms with E-state index in [2.05, 4.69) is 26.2 Å². The average molecular weight is 349 g/mol. The number of amides is 1. The molecule has 0 spiro atoms. The summed E-state index contributed by atoms with van der Waals surface area (Å²) in [6, 6.07) is 9.09. The van der Waals surface area contributed by atoms with Gasteiger partial charge in [0.2, 0.25) is 0 Å². The van der Waals surface area contributed by atoms with Crippen LogP contribution in [0.25, 0.3) is 0 Å². The van der Waals surface area contributed by atoms with Gasteiger partial charge in [0.25, 0.3) is 5.91 Å². The van der Waals surface area contributed by atoms with Crippen LogP contribution in [0.5, 0.6) is 0 Å². The molecule has 0 bridgehead atoms. The zero-order valence-electron chi connectivity index (χ0n) is 11.8. The zero-order chi connectivity index (χ0) is 15.2. The number of carbonyl (C=O) groups excluding carboxylic acids is 1. The zero-order valence-corrected chi connectivity index (χ0v) is 13.4. The van der Waals surface area contributed by atoms with E-state index in [4.69, 9.17) is 0 Å². The van der Waals surface area contributed by atoms with Gasteiger partial charge in [-0.3, -0.25) is 9.59 Å². The molecule has 110 valence electrons. The standard InChI is InChI=1S/C16H17BrN2O2/c1-11-8-15(20)14(10-18-11)16(21)19-13-6-2-4-12(9-13)5-3-7-17/h2,4,6,8-10H,3,5,7H2,1H3,(H,18,20)(H,19,21). The number of pyridine rings is 1. The molecule has 5 heteroatoms. The van der Waals surface area contributed by atoms with Crippen molar-refractivity contribution < 1.29 is 4.79 Å². The third kappa shape index (κ3) is 4.29. The Hall–Kier alpha value is -1.88. The lowest BCUT2D eigenvalue weighted by atomic mass is 10.1. The van der Waals surface area contributed by atoms with Gasteiger partial charge >= 0.3 is 0 Å². The van der Waals surface area contributed by atoms with Crippen LogP contribution in [-0.2, 0) is 6.42 Å². The minimum absolute atomic E-state index is 0.117. The quantitative estimate of drug-likeness (QED) is 0.814. The Bertz CT molecular complexity index is 695. The first-order valence-corrected chi connectivity index (χ1v) is 7.88. The topological polar surface area (TPSA) is 62.0 Å². The number of carbonyl (C=O) groups is 1. The van der Waals surface area contributed by atoms with E-state index in [1.165, 1.54) is 12.3 Å². The number of aromatic nitrogens is 1. The Labute approximate surface area is 131 Å². The fourth-order valence-electron chi connectivity index (χ4n) is 2.02. The highest BCUT2D eigenvalue weighted by Crippen LogP contribution is 2.13. The van der Waals surface area contributed by atoms with Crippen molar-refractivity contribution in [2.45, 2.75) is 19.8 Å². The summed E-state index contributed by atoms with van der Waals surface area (Å²) in [7, 11) is 0.